The van der Waals surface area contributed by atoms with E-state index in [1.807, 2.05) is 62.4 Å². The summed E-state index contributed by atoms with van der Waals surface area (Å²) in [6.07, 6.45) is 3.01. The number of amides is 1. The van der Waals surface area contributed by atoms with Crippen LogP contribution < -0.4 is 15.4 Å². The zero-order chi connectivity index (χ0) is 19.1. The van der Waals surface area contributed by atoms with E-state index in [9.17, 15) is 4.79 Å². The second-order valence-corrected chi connectivity index (χ2v) is 6.02. The molecule has 6 nitrogen and oxygen atoms in total. The van der Waals surface area contributed by atoms with Crippen molar-refractivity contribution in [3.63, 3.8) is 0 Å². The highest BCUT2D eigenvalue weighted by Gasteiger charge is 2.09. The van der Waals surface area contributed by atoms with Crippen molar-refractivity contribution in [2.75, 3.05) is 11.9 Å². The monoisotopic (exact) mass is 362 g/mol. The summed E-state index contributed by atoms with van der Waals surface area (Å²) in [6.45, 7) is 4.98. The summed E-state index contributed by atoms with van der Waals surface area (Å²) >= 11 is 0. The fourth-order valence-electron chi connectivity index (χ4n) is 2.59. The number of rotatable bonds is 7. The van der Waals surface area contributed by atoms with Gasteiger partial charge in [-0.15, -0.1) is 0 Å². The molecule has 0 atom stereocenters. The molecule has 0 unspecified atom stereocenters. The molecule has 0 radical (unpaired) electrons. The number of benzene rings is 2. The van der Waals surface area contributed by atoms with Crippen molar-refractivity contribution in [1.82, 2.24) is 15.3 Å². The SMILES string of the molecule is CCOc1ccccc1Nc1ncc(C(=O)NCc2cccc(C)c2)cn1. The Hall–Kier alpha value is -3.41. The Morgan fingerprint density at radius 3 is 2.59 bits per heavy atom. The molecule has 0 aliphatic heterocycles. The van der Waals surface area contributed by atoms with Crippen LogP contribution >= 0.6 is 0 Å². The Kier molecular flexibility index (Phi) is 5.99. The van der Waals surface area contributed by atoms with E-state index in [0.717, 1.165) is 22.6 Å². The molecule has 0 aliphatic rings. The molecule has 0 saturated heterocycles. The number of para-hydroxylation sites is 2. The van der Waals surface area contributed by atoms with Gasteiger partial charge in [-0.3, -0.25) is 4.79 Å². The molecule has 27 heavy (non-hydrogen) atoms. The number of aromatic nitrogens is 2. The van der Waals surface area contributed by atoms with Gasteiger partial charge in [0.2, 0.25) is 5.95 Å². The van der Waals surface area contributed by atoms with Crippen molar-refractivity contribution in [2.24, 2.45) is 0 Å². The van der Waals surface area contributed by atoms with Gasteiger partial charge in [0.05, 0.1) is 17.9 Å². The van der Waals surface area contributed by atoms with Crippen molar-refractivity contribution in [3.05, 3.63) is 77.6 Å². The number of aryl methyl sites for hydroxylation is 1. The summed E-state index contributed by atoms with van der Waals surface area (Å²) in [6, 6.07) is 15.6. The van der Waals surface area contributed by atoms with Crippen molar-refractivity contribution in [3.8, 4) is 5.75 Å². The van der Waals surface area contributed by atoms with Gasteiger partial charge < -0.3 is 15.4 Å². The molecule has 0 aliphatic carbocycles. The minimum atomic E-state index is -0.210. The molecular weight excluding hydrogens is 340 g/mol. The van der Waals surface area contributed by atoms with Crippen LogP contribution in [0.4, 0.5) is 11.6 Å². The molecule has 1 heterocycles. The Balaban J connectivity index is 1.62. The van der Waals surface area contributed by atoms with E-state index in [1.165, 1.54) is 12.4 Å². The smallest absolute Gasteiger partial charge is 0.254 e. The number of ether oxygens (including phenoxy) is 1. The lowest BCUT2D eigenvalue weighted by atomic mass is 10.1. The molecule has 138 valence electrons. The van der Waals surface area contributed by atoms with E-state index in [2.05, 4.69) is 20.6 Å². The molecule has 0 bridgehead atoms. The third kappa shape index (κ3) is 5.04. The maximum Gasteiger partial charge on any atom is 0.254 e. The van der Waals surface area contributed by atoms with Crippen molar-refractivity contribution in [1.29, 1.82) is 0 Å². The summed E-state index contributed by atoms with van der Waals surface area (Å²) in [4.78, 5) is 20.7. The van der Waals surface area contributed by atoms with E-state index in [4.69, 9.17) is 4.74 Å². The van der Waals surface area contributed by atoms with Gasteiger partial charge in [0.1, 0.15) is 5.75 Å². The average molecular weight is 362 g/mol. The van der Waals surface area contributed by atoms with Crippen LogP contribution in [0, 0.1) is 6.92 Å². The fraction of sp³-hybridized carbons (Fsp3) is 0.190. The quantitative estimate of drug-likeness (QED) is 0.667. The van der Waals surface area contributed by atoms with Gasteiger partial charge in [-0.05, 0) is 31.5 Å². The van der Waals surface area contributed by atoms with Gasteiger partial charge in [0.15, 0.2) is 0 Å². The van der Waals surface area contributed by atoms with Crippen LogP contribution in [-0.4, -0.2) is 22.5 Å². The van der Waals surface area contributed by atoms with E-state index in [1.54, 1.807) is 0 Å². The summed E-state index contributed by atoms with van der Waals surface area (Å²) in [5.74, 6) is 0.915. The zero-order valence-electron chi connectivity index (χ0n) is 15.4. The van der Waals surface area contributed by atoms with Crippen LogP contribution in [0.25, 0.3) is 0 Å². The lowest BCUT2D eigenvalue weighted by Crippen LogP contribution is -2.23. The predicted octanol–water partition coefficient (Wildman–Crippen LogP) is 3.86. The van der Waals surface area contributed by atoms with Crippen LogP contribution in [0.2, 0.25) is 0 Å². The van der Waals surface area contributed by atoms with Gasteiger partial charge in [0.25, 0.3) is 5.91 Å². The molecule has 2 N–H and O–H groups in total. The highest BCUT2D eigenvalue weighted by molar-refractivity contribution is 5.93. The summed E-state index contributed by atoms with van der Waals surface area (Å²) in [7, 11) is 0. The minimum Gasteiger partial charge on any atom is -0.492 e. The van der Waals surface area contributed by atoms with E-state index < -0.39 is 0 Å². The topological polar surface area (TPSA) is 76.1 Å². The maximum absolute atomic E-state index is 12.3. The minimum absolute atomic E-state index is 0.210. The third-order valence-corrected chi connectivity index (χ3v) is 3.88. The summed E-state index contributed by atoms with van der Waals surface area (Å²) < 4.78 is 5.57. The molecule has 0 spiro atoms. The lowest BCUT2D eigenvalue weighted by Gasteiger charge is -2.11. The Labute approximate surface area is 158 Å². The Morgan fingerprint density at radius 1 is 1.07 bits per heavy atom. The number of hydrogen-bond acceptors (Lipinski definition) is 5. The first-order valence-corrected chi connectivity index (χ1v) is 8.80. The molecule has 0 saturated carbocycles. The molecule has 3 rings (SSSR count). The lowest BCUT2D eigenvalue weighted by molar-refractivity contribution is 0.0950. The van der Waals surface area contributed by atoms with Crippen LogP contribution in [0.5, 0.6) is 5.75 Å². The maximum atomic E-state index is 12.3. The molecule has 6 heteroatoms. The predicted molar refractivity (Wildman–Crippen MR) is 105 cm³/mol. The van der Waals surface area contributed by atoms with Crippen LogP contribution in [0.15, 0.2) is 60.9 Å². The van der Waals surface area contributed by atoms with Crippen molar-refractivity contribution >= 4 is 17.5 Å². The molecular formula is C21H22N4O2. The first-order valence-electron chi connectivity index (χ1n) is 8.80. The number of nitrogens with one attached hydrogen (secondary N) is 2. The molecule has 0 fully saturated rings. The Bertz CT molecular complexity index is 910. The van der Waals surface area contributed by atoms with Crippen molar-refractivity contribution < 1.29 is 9.53 Å². The van der Waals surface area contributed by atoms with E-state index in [0.29, 0.717) is 24.7 Å². The van der Waals surface area contributed by atoms with Crippen molar-refractivity contribution in [2.45, 2.75) is 20.4 Å². The number of hydrogen-bond donors (Lipinski definition) is 2. The number of nitrogens with zero attached hydrogens (tertiary/aromatic N) is 2. The number of carbonyl (C=O) groups is 1. The summed E-state index contributed by atoms with van der Waals surface area (Å²) in [5, 5.41) is 5.99. The van der Waals surface area contributed by atoms with Crippen LogP contribution in [0.1, 0.15) is 28.4 Å². The second kappa shape index (κ2) is 8.80. The molecule has 1 aromatic heterocycles. The standard InChI is InChI=1S/C21H22N4O2/c1-3-27-19-10-5-4-9-18(19)25-21-23-13-17(14-24-21)20(26)22-12-16-8-6-7-15(2)11-16/h4-11,13-14H,3,12H2,1-2H3,(H,22,26)(H,23,24,25). The van der Waals surface area contributed by atoms with Gasteiger partial charge in [0, 0.05) is 18.9 Å². The van der Waals surface area contributed by atoms with E-state index in [-0.39, 0.29) is 5.91 Å². The van der Waals surface area contributed by atoms with E-state index >= 15 is 0 Å². The van der Waals surface area contributed by atoms with Gasteiger partial charge in [-0.2, -0.15) is 0 Å². The fourth-order valence-corrected chi connectivity index (χ4v) is 2.59. The van der Waals surface area contributed by atoms with Gasteiger partial charge in [-0.25, -0.2) is 9.97 Å². The van der Waals surface area contributed by atoms with Gasteiger partial charge in [-0.1, -0.05) is 42.0 Å². The average Bonchev–Trinajstić information content (AvgIpc) is 2.68. The Morgan fingerprint density at radius 2 is 1.85 bits per heavy atom. The normalized spacial score (nSPS) is 10.3. The molecule has 1 amide bonds. The molecule has 2 aromatic carbocycles. The summed E-state index contributed by atoms with van der Waals surface area (Å²) in [5.41, 5.74) is 3.39. The molecule has 3 aromatic rings. The first kappa shape index (κ1) is 18.4. The van der Waals surface area contributed by atoms with Crippen LogP contribution in [0.3, 0.4) is 0 Å². The third-order valence-electron chi connectivity index (χ3n) is 3.88. The highest BCUT2D eigenvalue weighted by Crippen LogP contribution is 2.25. The second-order valence-electron chi connectivity index (χ2n) is 6.02. The zero-order valence-corrected chi connectivity index (χ0v) is 15.4. The van der Waals surface area contributed by atoms with Crippen LogP contribution in [-0.2, 0) is 6.54 Å². The number of anilines is 2. The first-order chi connectivity index (χ1) is 13.2. The van der Waals surface area contributed by atoms with Gasteiger partial charge >= 0.3 is 0 Å². The number of carbonyl (C=O) groups excluding carboxylic acids is 1. The largest absolute Gasteiger partial charge is 0.492 e. The highest BCUT2D eigenvalue weighted by atomic mass is 16.5.